The van der Waals surface area contributed by atoms with Gasteiger partial charge in [0.15, 0.2) is 0 Å². The fourth-order valence-electron chi connectivity index (χ4n) is 3.37. The minimum atomic E-state index is -0.752. The molecule has 0 aromatic heterocycles. The molecule has 2 aliphatic rings. The zero-order chi connectivity index (χ0) is 14.0. The van der Waals surface area contributed by atoms with Crippen LogP contribution in [0.2, 0.25) is 0 Å². The molecule has 0 spiro atoms. The molecule has 2 fully saturated rings. The summed E-state index contributed by atoms with van der Waals surface area (Å²) >= 11 is 0. The maximum atomic E-state index is 12.5. The molecule has 108 valence electrons. The Balaban J connectivity index is 2.04. The normalized spacial score (nSPS) is 27.7. The Morgan fingerprint density at radius 2 is 1.89 bits per heavy atom. The van der Waals surface area contributed by atoms with Crippen LogP contribution in [0.15, 0.2) is 0 Å². The van der Waals surface area contributed by atoms with Gasteiger partial charge in [-0.2, -0.15) is 0 Å². The van der Waals surface area contributed by atoms with E-state index >= 15 is 0 Å². The van der Waals surface area contributed by atoms with Crippen molar-refractivity contribution >= 4 is 11.8 Å². The molecule has 1 atom stereocenters. The fraction of sp³-hybridized carbons (Fsp3) is 0.867. The lowest BCUT2D eigenvalue weighted by atomic mass is 9.94. The van der Waals surface area contributed by atoms with Crippen LogP contribution in [0.4, 0.5) is 0 Å². The van der Waals surface area contributed by atoms with E-state index in [9.17, 15) is 9.59 Å². The van der Waals surface area contributed by atoms with E-state index in [0.29, 0.717) is 6.42 Å². The van der Waals surface area contributed by atoms with Gasteiger partial charge in [0.05, 0.1) is 0 Å². The van der Waals surface area contributed by atoms with E-state index in [2.05, 4.69) is 5.32 Å². The predicted molar refractivity (Wildman–Crippen MR) is 74.6 cm³/mol. The van der Waals surface area contributed by atoms with Crippen molar-refractivity contribution in [3.63, 3.8) is 0 Å². The van der Waals surface area contributed by atoms with E-state index in [4.69, 9.17) is 0 Å². The van der Waals surface area contributed by atoms with Crippen LogP contribution in [0.5, 0.6) is 0 Å². The number of carbonyl (C=O) groups excluding carboxylic acids is 2. The van der Waals surface area contributed by atoms with E-state index in [1.165, 1.54) is 25.7 Å². The molecule has 1 saturated carbocycles. The second kappa shape index (κ2) is 5.51. The first kappa shape index (κ1) is 14.4. The van der Waals surface area contributed by atoms with Crippen LogP contribution in [-0.2, 0) is 9.59 Å². The molecule has 0 aromatic rings. The lowest BCUT2D eigenvalue weighted by Gasteiger charge is -2.43. The SMILES string of the molecule is CCC1C(=O)NC(C)(C)C(=O)N1CCC1CCCC1. The number of carbonyl (C=O) groups is 2. The number of nitrogens with one attached hydrogen (secondary N) is 1. The lowest BCUT2D eigenvalue weighted by Crippen LogP contribution is -2.68. The van der Waals surface area contributed by atoms with Crippen LogP contribution in [0.3, 0.4) is 0 Å². The maximum Gasteiger partial charge on any atom is 0.248 e. The third-order valence-corrected chi connectivity index (χ3v) is 4.55. The van der Waals surface area contributed by atoms with Crippen LogP contribution < -0.4 is 5.32 Å². The van der Waals surface area contributed by atoms with Crippen molar-refractivity contribution in [3.8, 4) is 0 Å². The Kier molecular flexibility index (Phi) is 4.16. The minimum Gasteiger partial charge on any atom is -0.340 e. The Morgan fingerprint density at radius 3 is 2.47 bits per heavy atom. The first-order valence-corrected chi connectivity index (χ1v) is 7.59. The predicted octanol–water partition coefficient (Wildman–Crippen LogP) is 2.08. The topological polar surface area (TPSA) is 49.4 Å². The number of hydrogen-bond acceptors (Lipinski definition) is 2. The average molecular weight is 266 g/mol. The van der Waals surface area contributed by atoms with Gasteiger partial charge in [-0.25, -0.2) is 0 Å². The zero-order valence-electron chi connectivity index (χ0n) is 12.4. The van der Waals surface area contributed by atoms with Gasteiger partial charge in [-0.3, -0.25) is 9.59 Å². The van der Waals surface area contributed by atoms with Gasteiger partial charge in [0.25, 0.3) is 0 Å². The second-order valence-corrected chi connectivity index (χ2v) is 6.48. The molecule has 1 aliphatic heterocycles. The summed E-state index contributed by atoms with van der Waals surface area (Å²) in [5.74, 6) is 0.814. The summed E-state index contributed by atoms with van der Waals surface area (Å²) in [6, 6.07) is -0.276. The summed E-state index contributed by atoms with van der Waals surface area (Å²) in [6.45, 7) is 6.29. The molecule has 0 aromatic carbocycles. The zero-order valence-corrected chi connectivity index (χ0v) is 12.4. The summed E-state index contributed by atoms with van der Waals surface area (Å²) in [5, 5.41) is 2.83. The fourth-order valence-corrected chi connectivity index (χ4v) is 3.37. The molecule has 1 saturated heterocycles. The Labute approximate surface area is 115 Å². The van der Waals surface area contributed by atoms with Gasteiger partial charge in [0, 0.05) is 6.54 Å². The summed E-state index contributed by atoms with van der Waals surface area (Å²) in [7, 11) is 0. The van der Waals surface area contributed by atoms with Crippen molar-refractivity contribution in [2.45, 2.75) is 70.9 Å². The number of hydrogen-bond donors (Lipinski definition) is 1. The smallest absolute Gasteiger partial charge is 0.248 e. The van der Waals surface area contributed by atoms with Gasteiger partial charge in [-0.05, 0) is 32.6 Å². The molecular formula is C15H26N2O2. The monoisotopic (exact) mass is 266 g/mol. The van der Waals surface area contributed by atoms with Gasteiger partial charge in [0.2, 0.25) is 11.8 Å². The molecule has 0 radical (unpaired) electrons. The molecule has 4 heteroatoms. The Hall–Kier alpha value is -1.06. The van der Waals surface area contributed by atoms with Crippen molar-refractivity contribution in [2.75, 3.05) is 6.54 Å². The van der Waals surface area contributed by atoms with Gasteiger partial charge < -0.3 is 10.2 Å². The van der Waals surface area contributed by atoms with Crippen molar-refractivity contribution in [2.24, 2.45) is 5.92 Å². The van der Waals surface area contributed by atoms with Crippen LogP contribution in [0.25, 0.3) is 0 Å². The third kappa shape index (κ3) is 2.93. The number of nitrogens with zero attached hydrogens (tertiary/aromatic N) is 1. The highest BCUT2D eigenvalue weighted by atomic mass is 16.2. The van der Waals surface area contributed by atoms with E-state index in [1.807, 2.05) is 11.8 Å². The Morgan fingerprint density at radius 1 is 1.26 bits per heavy atom. The highest BCUT2D eigenvalue weighted by Crippen LogP contribution is 2.29. The molecular weight excluding hydrogens is 240 g/mol. The van der Waals surface area contributed by atoms with Crippen LogP contribution >= 0.6 is 0 Å². The van der Waals surface area contributed by atoms with E-state index in [0.717, 1.165) is 18.9 Å². The molecule has 2 rings (SSSR count). The van der Waals surface area contributed by atoms with E-state index in [-0.39, 0.29) is 17.9 Å². The average Bonchev–Trinajstić information content (AvgIpc) is 2.84. The summed E-state index contributed by atoms with van der Waals surface area (Å²) in [6.07, 6.45) is 6.95. The summed E-state index contributed by atoms with van der Waals surface area (Å²) in [4.78, 5) is 26.4. The van der Waals surface area contributed by atoms with Crippen LogP contribution in [0, 0.1) is 5.92 Å². The van der Waals surface area contributed by atoms with Gasteiger partial charge in [-0.1, -0.05) is 32.6 Å². The first-order valence-electron chi connectivity index (χ1n) is 7.59. The van der Waals surface area contributed by atoms with Crippen molar-refractivity contribution in [3.05, 3.63) is 0 Å². The van der Waals surface area contributed by atoms with Crippen LogP contribution in [-0.4, -0.2) is 34.8 Å². The van der Waals surface area contributed by atoms with E-state index < -0.39 is 5.54 Å². The van der Waals surface area contributed by atoms with Gasteiger partial charge in [0.1, 0.15) is 11.6 Å². The number of piperazine rings is 1. The molecule has 4 nitrogen and oxygen atoms in total. The molecule has 1 unspecified atom stereocenters. The maximum absolute atomic E-state index is 12.5. The van der Waals surface area contributed by atoms with Crippen molar-refractivity contribution in [1.29, 1.82) is 0 Å². The van der Waals surface area contributed by atoms with Crippen molar-refractivity contribution < 1.29 is 9.59 Å². The summed E-state index contributed by atoms with van der Waals surface area (Å²) < 4.78 is 0. The molecule has 1 aliphatic carbocycles. The van der Waals surface area contributed by atoms with E-state index in [1.54, 1.807) is 13.8 Å². The Bertz CT molecular complexity index is 359. The molecule has 19 heavy (non-hydrogen) atoms. The largest absolute Gasteiger partial charge is 0.340 e. The van der Waals surface area contributed by atoms with Gasteiger partial charge >= 0.3 is 0 Å². The highest BCUT2D eigenvalue weighted by molar-refractivity contribution is 5.99. The highest BCUT2D eigenvalue weighted by Gasteiger charge is 2.44. The lowest BCUT2D eigenvalue weighted by molar-refractivity contribution is -0.153. The van der Waals surface area contributed by atoms with Crippen molar-refractivity contribution in [1.82, 2.24) is 10.2 Å². The molecule has 1 heterocycles. The first-order chi connectivity index (χ1) is 8.95. The minimum absolute atomic E-state index is 0.00137. The standard InChI is InChI=1S/C15H26N2O2/c1-4-12-13(18)16-15(2,3)14(19)17(12)10-9-11-7-5-6-8-11/h11-12H,4-10H2,1-3H3,(H,16,18). The third-order valence-electron chi connectivity index (χ3n) is 4.55. The van der Waals surface area contributed by atoms with Gasteiger partial charge in [-0.15, -0.1) is 0 Å². The molecule has 1 N–H and O–H groups in total. The summed E-state index contributed by atoms with van der Waals surface area (Å²) in [5.41, 5.74) is -0.752. The molecule has 0 bridgehead atoms. The quantitative estimate of drug-likeness (QED) is 0.847. The number of amides is 2. The second-order valence-electron chi connectivity index (χ2n) is 6.48. The van der Waals surface area contributed by atoms with Crippen LogP contribution in [0.1, 0.15) is 59.3 Å². The number of rotatable bonds is 4. The molecule has 2 amide bonds.